The zero-order valence-corrected chi connectivity index (χ0v) is 20.6. The number of primary amides is 1. The van der Waals surface area contributed by atoms with Gasteiger partial charge in [0.15, 0.2) is 5.60 Å². The number of fused-ring (bicyclic) bond motifs is 1. The fraction of sp³-hybridized carbons (Fsp3) is 0.154. The Labute approximate surface area is 217 Å². The van der Waals surface area contributed by atoms with E-state index in [1.165, 1.54) is 14.2 Å². The van der Waals surface area contributed by atoms with E-state index in [2.05, 4.69) is 15.8 Å². The number of hydrogen-bond acceptors (Lipinski definition) is 7. The Morgan fingerprint density at radius 1 is 1.03 bits per heavy atom. The van der Waals surface area contributed by atoms with Crippen molar-refractivity contribution < 1.29 is 29.0 Å². The van der Waals surface area contributed by atoms with Crippen LogP contribution >= 0.6 is 11.6 Å². The number of rotatable bonds is 7. The van der Waals surface area contributed by atoms with E-state index in [-0.39, 0.29) is 22.0 Å². The lowest BCUT2D eigenvalue weighted by Gasteiger charge is -2.33. The van der Waals surface area contributed by atoms with E-state index in [1.807, 2.05) is 0 Å². The first-order valence-electron chi connectivity index (χ1n) is 11.0. The predicted molar refractivity (Wildman–Crippen MR) is 137 cm³/mol. The molecule has 0 radical (unpaired) electrons. The van der Waals surface area contributed by atoms with Crippen LogP contribution in [-0.2, 0) is 20.0 Å². The summed E-state index contributed by atoms with van der Waals surface area (Å²) in [5.74, 6) is -3.30. The number of nitrogens with one attached hydrogen (secondary N) is 2. The van der Waals surface area contributed by atoms with Crippen molar-refractivity contribution in [1.29, 1.82) is 0 Å². The van der Waals surface area contributed by atoms with Crippen LogP contribution < -0.4 is 25.9 Å². The Kier molecular flexibility index (Phi) is 7.14. The maximum absolute atomic E-state index is 13.4. The highest BCUT2D eigenvalue weighted by atomic mass is 35.5. The standard InChI is InChI=1S/C26H23ClN4O6/c1-36-16-10-6-14(7-11-16)20(26(35)18-4-3-5-19(27)22(18)29-25(26)34)21(30-31-24(33)23(28)32)15-8-12-17(37-2)13-9-15/h3-13,20,35H,1-2H3,(H2,28,32)(H,29,34)(H,31,33)/b30-21+. The van der Waals surface area contributed by atoms with Crippen LogP contribution in [0.15, 0.2) is 71.8 Å². The number of aliphatic hydroxyl groups is 1. The molecule has 3 amide bonds. The molecule has 0 saturated heterocycles. The van der Waals surface area contributed by atoms with Gasteiger partial charge in [0.05, 0.1) is 36.6 Å². The molecule has 10 nitrogen and oxygen atoms in total. The zero-order chi connectivity index (χ0) is 26.7. The zero-order valence-electron chi connectivity index (χ0n) is 19.8. The molecule has 2 atom stereocenters. The Morgan fingerprint density at radius 2 is 1.62 bits per heavy atom. The molecule has 5 N–H and O–H groups in total. The Balaban J connectivity index is 1.99. The van der Waals surface area contributed by atoms with Crippen LogP contribution in [0.3, 0.4) is 0 Å². The molecule has 0 spiro atoms. The predicted octanol–water partition coefficient (Wildman–Crippen LogP) is 2.29. The van der Waals surface area contributed by atoms with Gasteiger partial charge in [-0.1, -0.05) is 35.9 Å². The van der Waals surface area contributed by atoms with Crippen molar-refractivity contribution in [2.45, 2.75) is 11.5 Å². The topological polar surface area (TPSA) is 152 Å². The highest BCUT2D eigenvalue weighted by Gasteiger charge is 2.54. The second-order valence-electron chi connectivity index (χ2n) is 8.12. The first kappa shape index (κ1) is 25.7. The lowest BCUT2D eigenvalue weighted by Crippen LogP contribution is -2.45. The van der Waals surface area contributed by atoms with E-state index < -0.39 is 29.2 Å². The number of carbonyl (C=O) groups excluding carboxylic acids is 3. The number of nitrogens with zero attached hydrogens (tertiary/aromatic N) is 1. The molecule has 3 aromatic carbocycles. The number of carbonyl (C=O) groups is 3. The Bertz CT molecular complexity index is 1390. The minimum atomic E-state index is -2.22. The van der Waals surface area contributed by atoms with Gasteiger partial charge in [0, 0.05) is 5.56 Å². The average Bonchev–Trinajstić information content (AvgIpc) is 3.17. The molecule has 1 heterocycles. The second kappa shape index (κ2) is 10.3. The number of hydrazone groups is 1. The summed E-state index contributed by atoms with van der Waals surface area (Å²) in [5.41, 5.74) is 6.40. The lowest BCUT2D eigenvalue weighted by atomic mass is 9.73. The number of nitrogens with two attached hydrogens (primary N) is 1. The van der Waals surface area contributed by atoms with E-state index in [0.717, 1.165) is 0 Å². The second-order valence-corrected chi connectivity index (χ2v) is 8.53. The highest BCUT2D eigenvalue weighted by Crippen LogP contribution is 2.49. The molecular formula is C26H23ClN4O6. The summed E-state index contributed by atoms with van der Waals surface area (Å²) in [6.07, 6.45) is 0. The summed E-state index contributed by atoms with van der Waals surface area (Å²) < 4.78 is 10.5. The van der Waals surface area contributed by atoms with Gasteiger partial charge in [0.1, 0.15) is 11.5 Å². The van der Waals surface area contributed by atoms with Crippen molar-refractivity contribution in [3.63, 3.8) is 0 Å². The molecule has 1 aliphatic rings. The van der Waals surface area contributed by atoms with Gasteiger partial charge in [0.25, 0.3) is 5.91 Å². The van der Waals surface area contributed by atoms with Crippen LogP contribution in [0.5, 0.6) is 11.5 Å². The largest absolute Gasteiger partial charge is 0.497 e. The van der Waals surface area contributed by atoms with Gasteiger partial charge in [-0.05, 0) is 53.6 Å². The summed E-state index contributed by atoms with van der Waals surface area (Å²) in [4.78, 5) is 36.9. The smallest absolute Gasteiger partial charge is 0.329 e. The van der Waals surface area contributed by atoms with Crippen LogP contribution in [0.4, 0.5) is 5.69 Å². The molecule has 3 aromatic rings. The number of halogens is 1. The average molecular weight is 523 g/mol. The van der Waals surface area contributed by atoms with Crippen LogP contribution in [0.25, 0.3) is 0 Å². The summed E-state index contributed by atoms with van der Waals surface area (Å²) in [6.45, 7) is 0. The minimum absolute atomic E-state index is 0.0629. The van der Waals surface area contributed by atoms with Gasteiger partial charge in [-0.15, -0.1) is 0 Å². The molecule has 190 valence electrons. The first-order chi connectivity index (χ1) is 17.7. The van der Waals surface area contributed by atoms with Gasteiger partial charge < -0.3 is 25.6 Å². The van der Waals surface area contributed by atoms with Crippen molar-refractivity contribution in [3.8, 4) is 11.5 Å². The fourth-order valence-corrected chi connectivity index (χ4v) is 4.43. The molecule has 37 heavy (non-hydrogen) atoms. The third-order valence-electron chi connectivity index (χ3n) is 6.04. The van der Waals surface area contributed by atoms with Crippen LogP contribution in [-0.4, -0.2) is 42.8 Å². The quantitative estimate of drug-likeness (QED) is 0.212. The third kappa shape index (κ3) is 4.72. The number of benzene rings is 3. The molecule has 2 unspecified atom stereocenters. The number of anilines is 1. The van der Waals surface area contributed by atoms with Gasteiger partial charge >= 0.3 is 11.8 Å². The molecular weight excluding hydrogens is 500 g/mol. The van der Waals surface area contributed by atoms with Crippen LogP contribution in [0.2, 0.25) is 5.02 Å². The van der Waals surface area contributed by atoms with E-state index in [0.29, 0.717) is 22.6 Å². The van der Waals surface area contributed by atoms with Gasteiger partial charge in [-0.3, -0.25) is 14.4 Å². The fourth-order valence-electron chi connectivity index (χ4n) is 4.20. The van der Waals surface area contributed by atoms with Crippen molar-refractivity contribution in [1.82, 2.24) is 5.43 Å². The normalized spacial score (nSPS) is 17.4. The molecule has 1 aliphatic heterocycles. The highest BCUT2D eigenvalue weighted by molar-refractivity contribution is 6.35. The molecule has 0 saturated carbocycles. The monoisotopic (exact) mass is 522 g/mol. The molecule has 0 bridgehead atoms. The van der Waals surface area contributed by atoms with Gasteiger partial charge in [-0.2, -0.15) is 5.10 Å². The number of para-hydroxylation sites is 1. The summed E-state index contributed by atoms with van der Waals surface area (Å²) in [7, 11) is 3.01. The number of ether oxygens (including phenoxy) is 2. The number of hydrogen-bond donors (Lipinski definition) is 4. The van der Waals surface area contributed by atoms with Crippen molar-refractivity contribution in [3.05, 3.63) is 88.4 Å². The summed E-state index contributed by atoms with van der Waals surface area (Å²) >= 11 is 6.33. The number of methoxy groups -OCH3 is 2. The maximum atomic E-state index is 13.4. The Morgan fingerprint density at radius 3 is 2.19 bits per heavy atom. The SMILES string of the molecule is COc1ccc(/C(=N\NC(=O)C(N)=O)C(c2ccc(OC)cc2)C2(O)C(=O)Nc3c(Cl)cccc32)cc1. The van der Waals surface area contributed by atoms with E-state index >= 15 is 0 Å². The third-order valence-corrected chi connectivity index (χ3v) is 6.35. The minimum Gasteiger partial charge on any atom is -0.497 e. The van der Waals surface area contributed by atoms with E-state index in [9.17, 15) is 19.5 Å². The van der Waals surface area contributed by atoms with Crippen LogP contribution in [0, 0.1) is 0 Å². The van der Waals surface area contributed by atoms with Gasteiger partial charge in [-0.25, -0.2) is 5.43 Å². The van der Waals surface area contributed by atoms with E-state index in [4.69, 9.17) is 26.8 Å². The van der Waals surface area contributed by atoms with Crippen molar-refractivity contribution >= 4 is 40.7 Å². The Hall–Kier alpha value is -4.41. The summed E-state index contributed by atoms with van der Waals surface area (Å²) in [5, 5.41) is 19.2. The van der Waals surface area contributed by atoms with E-state index in [1.54, 1.807) is 66.7 Å². The summed E-state index contributed by atoms with van der Waals surface area (Å²) in [6, 6.07) is 18.0. The molecule has 11 heteroatoms. The molecule has 4 rings (SSSR count). The lowest BCUT2D eigenvalue weighted by molar-refractivity contribution is -0.137. The molecule has 0 aromatic heterocycles. The van der Waals surface area contributed by atoms with Gasteiger partial charge in [0.2, 0.25) is 0 Å². The molecule has 0 fully saturated rings. The first-order valence-corrected chi connectivity index (χ1v) is 11.4. The number of amides is 3. The maximum Gasteiger partial charge on any atom is 0.329 e. The van der Waals surface area contributed by atoms with Crippen LogP contribution in [0.1, 0.15) is 22.6 Å². The van der Waals surface area contributed by atoms with Crippen molar-refractivity contribution in [2.75, 3.05) is 19.5 Å². The van der Waals surface area contributed by atoms with Crippen molar-refractivity contribution in [2.24, 2.45) is 10.8 Å². The molecule has 0 aliphatic carbocycles.